The number of fused-ring (bicyclic) bond motifs is 1. The Morgan fingerprint density at radius 3 is 2.52 bits per heavy atom. The highest BCUT2D eigenvalue weighted by Crippen LogP contribution is 2.27. The molecule has 0 amide bonds. The molecule has 3 heterocycles. The fourth-order valence-corrected chi connectivity index (χ4v) is 4.47. The van der Waals surface area contributed by atoms with E-state index in [0.717, 1.165) is 53.9 Å². The number of rotatable bonds is 5. The van der Waals surface area contributed by atoms with Crippen LogP contribution < -0.4 is 4.90 Å². The van der Waals surface area contributed by atoms with Crippen LogP contribution in [0.2, 0.25) is 0 Å². The summed E-state index contributed by atoms with van der Waals surface area (Å²) < 4.78 is 0. The number of piperazine rings is 1. The molecule has 1 unspecified atom stereocenters. The maximum absolute atomic E-state index is 4.44. The van der Waals surface area contributed by atoms with E-state index in [4.69, 9.17) is 0 Å². The SMILES string of the molecule is CC(c1ccc2nccnc2c1)N1CCN(c2nnc(CN(C)C)s2)CC1. The average molecular weight is 384 g/mol. The Labute approximate surface area is 163 Å². The molecule has 1 aliphatic rings. The third-order valence-electron chi connectivity index (χ3n) is 5.02. The Balaban J connectivity index is 1.40. The van der Waals surface area contributed by atoms with E-state index in [9.17, 15) is 0 Å². The molecule has 1 saturated heterocycles. The normalized spacial score (nSPS) is 17.0. The number of anilines is 1. The highest BCUT2D eigenvalue weighted by Gasteiger charge is 2.24. The second kappa shape index (κ2) is 7.84. The number of hydrogen-bond donors (Lipinski definition) is 0. The first kappa shape index (κ1) is 18.2. The zero-order chi connectivity index (χ0) is 18.8. The predicted molar refractivity (Wildman–Crippen MR) is 109 cm³/mol. The molecule has 142 valence electrons. The zero-order valence-corrected chi connectivity index (χ0v) is 16.9. The van der Waals surface area contributed by atoms with E-state index in [0.29, 0.717) is 6.04 Å². The molecule has 7 nitrogen and oxygen atoms in total. The maximum Gasteiger partial charge on any atom is 0.208 e. The summed E-state index contributed by atoms with van der Waals surface area (Å²) in [4.78, 5) is 15.8. The molecule has 27 heavy (non-hydrogen) atoms. The summed E-state index contributed by atoms with van der Waals surface area (Å²) in [5.74, 6) is 0. The number of nitrogens with zero attached hydrogens (tertiary/aromatic N) is 7. The van der Waals surface area contributed by atoms with Gasteiger partial charge in [-0.05, 0) is 38.7 Å². The van der Waals surface area contributed by atoms with Crippen molar-refractivity contribution in [3.8, 4) is 0 Å². The van der Waals surface area contributed by atoms with Crippen molar-refractivity contribution in [2.45, 2.75) is 19.5 Å². The molecule has 0 radical (unpaired) electrons. The topological polar surface area (TPSA) is 61.3 Å². The van der Waals surface area contributed by atoms with Crippen LogP contribution in [-0.4, -0.2) is 70.2 Å². The van der Waals surface area contributed by atoms with Crippen molar-refractivity contribution in [1.82, 2.24) is 30.0 Å². The minimum Gasteiger partial charge on any atom is -0.344 e. The largest absolute Gasteiger partial charge is 0.344 e. The van der Waals surface area contributed by atoms with Gasteiger partial charge in [0, 0.05) is 44.6 Å². The third-order valence-corrected chi connectivity index (χ3v) is 5.98. The van der Waals surface area contributed by atoms with Gasteiger partial charge in [-0.3, -0.25) is 14.9 Å². The highest BCUT2D eigenvalue weighted by atomic mass is 32.1. The van der Waals surface area contributed by atoms with Crippen molar-refractivity contribution < 1.29 is 0 Å². The fourth-order valence-electron chi connectivity index (χ4n) is 3.46. The molecule has 0 N–H and O–H groups in total. The summed E-state index contributed by atoms with van der Waals surface area (Å²) in [5.41, 5.74) is 3.20. The van der Waals surface area contributed by atoms with Gasteiger partial charge in [0.25, 0.3) is 0 Å². The molecule has 1 aromatic carbocycles. The average Bonchev–Trinajstić information content (AvgIpc) is 3.15. The van der Waals surface area contributed by atoms with E-state index < -0.39 is 0 Å². The summed E-state index contributed by atoms with van der Waals surface area (Å²) >= 11 is 1.70. The van der Waals surface area contributed by atoms with Crippen LogP contribution in [0.4, 0.5) is 5.13 Å². The Morgan fingerprint density at radius 1 is 1.04 bits per heavy atom. The Bertz CT molecular complexity index is 902. The summed E-state index contributed by atoms with van der Waals surface area (Å²) in [5, 5.41) is 10.8. The first-order valence-electron chi connectivity index (χ1n) is 9.27. The van der Waals surface area contributed by atoms with Crippen molar-refractivity contribution in [2.75, 3.05) is 45.2 Å². The summed E-state index contributed by atoms with van der Waals surface area (Å²) in [6.07, 6.45) is 3.49. The van der Waals surface area contributed by atoms with E-state index in [1.807, 2.05) is 0 Å². The van der Waals surface area contributed by atoms with Gasteiger partial charge >= 0.3 is 0 Å². The zero-order valence-electron chi connectivity index (χ0n) is 16.0. The molecule has 4 rings (SSSR count). The quantitative estimate of drug-likeness (QED) is 0.670. The van der Waals surface area contributed by atoms with Crippen LogP contribution in [-0.2, 0) is 6.54 Å². The second-order valence-electron chi connectivity index (χ2n) is 7.22. The molecule has 3 aromatic rings. The second-order valence-corrected chi connectivity index (χ2v) is 8.26. The lowest BCUT2D eigenvalue weighted by atomic mass is 10.1. The molecular weight excluding hydrogens is 358 g/mol. The van der Waals surface area contributed by atoms with Crippen LogP contribution in [0.25, 0.3) is 11.0 Å². The minimum atomic E-state index is 0.359. The summed E-state index contributed by atoms with van der Waals surface area (Å²) in [6, 6.07) is 6.76. The smallest absolute Gasteiger partial charge is 0.208 e. The van der Waals surface area contributed by atoms with E-state index in [2.05, 4.69) is 74.1 Å². The number of benzene rings is 1. The molecule has 0 aliphatic carbocycles. The van der Waals surface area contributed by atoms with Crippen molar-refractivity contribution in [3.05, 3.63) is 41.2 Å². The van der Waals surface area contributed by atoms with Crippen LogP contribution in [0, 0.1) is 0 Å². The lowest BCUT2D eigenvalue weighted by molar-refractivity contribution is 0.198. The Hall–Kier alpha value is -2.16. The Morgan fingerprint density at radius 2 is 1.78 bits per heavy atom. The van der Waals surface area contributed by atoms with E-state index in [-0.39, 0.29) is 0 Å². The van der Waals surface area contributed by atoms with Gasteiger partial charge in [0.05, 0.1) is 17.6 Å². The van der Waals surface area contributed by atoms with Gasteiger partial charge in [-0.2, -0.15) is 0 Å². The third kappa shape index (κ3) is 4.07. The maximum atomic E-state index is 4.44. The first-order chi connectivity index (χ1) is 13.1. The van der Waals surface area contributed by atoms with E-state index in [1.54, 1.807) is 23.7 Å². The van der Waals surface area contributed by atoms with Gasteiger partial charge in [-0.1, -0.05) is 17.4 Å². The molecule has 2 aromatic heterocycles. The summed E-state index contributed by atoms with van der Waals surface area (Å²) in [7, 11) is 4.11. The summed E-state index contributed by atoms with van der Waals surface area (Å²) in [6.45, 7) is 7.11. The molecule has 8 heteroatoms. The molecule has 0 saturated carbocycles. The molecule has 1 atom stereocenters. The van der Waals surface area contributed by atoms with Gasteiger partial charge in [-0.25, -0.2) is 0 Å². The molecule has 1 fully saturated rings. The lowest BCUT2D eigenvalue weighted by Crippen LogP contribution is -2.47. The number of aromatic nitrogens is 4. The van der Waals surface area contributed by atoms with E-state index >= 15 is 0 Å². The molecular formula is C19H25N7S. The van der Waals surface area contributed by atoms with Crippen molar-refractivity contribution >= 4 is 27.5 Å². The van der Waals surface area contributed by atoms with Gasteiger partial charge in [-0.15, -0.1) is 10.2 Å². The van der Waals surface area contributed by atoms with Crippen LogP contribution in [0.3, 0.4) is 0 Å². The highest BCUT2D eigenvalue weighted by molar-refractivity contribution is 7.15. The fraction of sp³-hybridized carbons (Fsp3) is 0.474. The monoisotopic (exact) mass is 383 g/mol. The minimum absolute atomic E-state index is 0.359. The molecule has 1 aliphatic heterocycles. The van der Waals surface area contributed by atoms with E-state index in [1.165, 1.54) is 5.56 Å². The number of hydrogen-bond acceptors (Lipinski definition) is 8. The van der Waals surface area contributed by atoms with Gasteiger partial charge in [0.2, 0.25) is 5.13 Å². The molecule has 0 spiro atoms. The van der Waals surface area contributed by atoms with Crippen molar-refractivity contribution in [2.24, 2.45) is 0 Å². The van der Waals surface area contributed by atoms with Crippen molar-refractivity contribution in [3.63, 3.8) is 0 Å². The molecule has 0 bridgehead atoms. The Kier molecular flexibility index (Phi) is 5.29. The predicted octanol–water partition coefficient (Wildman–Crippen LogP) is 2.43. The standard InChI is InChI=1S/C19H25N7S/c1-14(15-4-5-16-17(12-15)21-7-6-20-16)25-8-10-26(11-9-25)19-23-22-18(27-19)13-24(2)3/h4-7,12,14H,8-11,13H2,1-3H3. The van der Waals surface area contributed by atoms with Crippen LogP contribution >= 0.6 is 11.3 Å². The van der Waals surface area contributed by atoms with Gasteiger partial charge < -0.3 is 9.80 Å². The van der Waals surface area contributed by atoms with Crippen molar-refractivity contribution in [1.29, 1.82) is 0 Å². The van der Waals surface area contributed by atoms with Crippen LogP contribution in [0.15, 0.2) is 30.6 Å². The van der Waals surface area contributed by atoms with Crippen LogP contribution in [0.1, 0.15) is 23.5 Å². The van der Waals surface area contributed by atoms with Gasteiger partial charge in [0.1, 0.15) is 5.01 Å². The lowest BCUT2D eigenvalue weighted by Gasteiger charge is -2.38. The first-order valence-corrected chi connectivity index (χ1v) is 10.1. The van der Waals surface area contributed by atoms with Crippen LogP contribution in [0.5, 0.6) is 0 Å². The van der Waals surface area contributed by atoms with Gasteiger partial charge in [0.15, 0.2) is 0 Å².